The minimum absolute atomic E-state index is 0.270. The van der Waals surface area contributed by atoms with Crippen molar-refractivity contribution in [1.29, 1.82) is 0 Å². The Morgan fingerprint density at radius 3 is 2.56 bits per heavy atom. The Labute approximate surface area is 109 Å². The first-order chi connectivity index (χ1) is 8.19. The molecular formula is C11H22N2O4S. The summed E-state index contributed by atoms with van der Waals surface area (Å²) in [5.74, 6) is -1.07. The average Bonchev–Trinajstić information content (AvgIpc) is 2.28. The first-order valence-electron chi connectivity index (χ1n) is 6.23. The van der Waals surface area contributed by atoms with E-state index in [4.69, 9.17) is 5.11 Å². The summed E-state index contributed by atoms with van der Waals surface area (Å²) in [6.45, 7) is 5.72. The fourth-order valence-electron chi connectivity index (χ4n) is 1.92. The Bertz CT molecular complexity index is 405. The topological polar surface area (TPSA) is 86.7 Å². The smallest absolute Gasteiger partial charge is 0.322 e. The summed E-state index contributed by atoms with van der Waals surface area (Å²) in [4.78, 5) is 11.1. The van der Waals surface area contributed by atoms with Gasteiger partial charge in [0.1, 0.15) is 6.04 Å². The molecule has 1 aliphatic heterocycles. The van der Waals surface area contributed by atoms with Crippen LogP contribution >= 0.6 is 0 Å². The molecule has 2 N–H and O–H groups in total. The number of hydrogen-bond acceptors (Lipinski definition) is 3. The number of nitrogens with zero attached hydrogens (tertiary/aromatic N) is 1. The summed E-state index contributed by atoms with van der Waals surface area (Å²) in [5.41, 5.74) is -0.570. The molecule has 0 aliphatic carbocycles. The van der Waals surface area contributed by atoms with Gasteiger partial charge in [-0.1, -0.05) is 6.92 Å². The third-order valence-electron chi connectivity index (χ3n) is 3.34. The first kappa shape index (κ1) is 15.4. The zero-order chi connectivity index (χ0) is 14.0. The number of nitrogens with one attached hydrogen (secondary N) is 1. The van der Waals surface area contributed by atoms with Crippen LogP contribution in [0.3, 0.4) is 0 Å². The monoisotopic (exact) mass is 278 g/mol. The second kappa shape index (κ2) is 5.54. The van der Waals surface area contributed by atoms with Gasteiger partial charge in [0.2, 0.25) is 0 Å². The van der Waals surface area contributed by atoms with E-state index in [9.17, 15) is 13.2 Å². The number of carboxylic acid groups (broad SMARTS) is 1. The van der Waals surface area contributed by atoms with Gasteiger partial charge in [-0.3, -0.25) is 4.79 Å². The Hall–Kier alpha value is -0.660. The molecule has 0 aromatic rings. The highest BCUT2D eigenvalue weighted by molar-refractivity contribution is 7.87. The molecule has 0 saturated carbocycles. The zero-order valence-electron chi connectivity index (χ0n) is 11.1. The van der Waals surface area contributed by atoms with Crippen molar-refractivity contribution in [2.75, 3.05) is 6.54 Å². The Balaban J connectivity index is 2.91. The van der Waals surface area contributed by atoms with Gasteiger partial charge in [0.05, 0.1) is 0 Å². The Kier molecular flexibility index (Phi) is 4.74. The summed E-state index contributed by atoms with van der Waals surface area (Å²) >= 11 is 0. The highest BCUT2D eigenvalue weighted by Crippen LogP contribution is 2.21. The third-order valence-corrected chi connectivity index (χ3v) is 5.20. The molecule has 1 saturated heterocycles. The van der Waals surface area contributed by atoms with Crippen molar-refractivity contribution in [1.82, 2.24) is 9.03 Å². The van der Waals surface area contributed by atoms with Crippen LogP contribution in [0.1, 0.15) is 46.5 Å². The van der Waals surface area contributed by atoms with Gasteiger partial charge in [0.25, 0.3) is 10.2 Å². The molecule has 1 aliphatic rings. The predicted molar refractivity (Wildman–Crippen MR) is 68.4 cm³/mol. The lowest BCUT2D eigenvalue weighted by atomic mass is 10.0. The standard InChI is InChI=1S/C11H22N2O4S/c1-4-11(2,3)12-18(16,17)13-8-6-5-7-9(13)10(14)15/h9,12H,4-8H2,1-3H3,(H,14,15)/t9-/m0/s1. The summed E-state index contributed by atoms with van der Waals surface area (Å²) in [6, 6.07) is -0.941. The van der Waals surface area contributed by atoms with Gasteiger partial charge in [-0.2, -0.15) is 17.4 Å². The van der Waals surface area contributed by atoms with Crippen molar-refractivity contribution in [3.63, 3.8) is 0 Å². The fourth-order valence-corrected chi connectivity index (χ4v) is 3.78. The molecule has 0 amide bonds. The Morgan fingerprint density at radius 1 is 1.44 bits per heavy atom. The van der Waals surface area contributed by atoms with Gasteiger partial charge in [0.15, 0.2) is 0 Å². The molecule has 6 nitrogen and oxygen atoms in total. The lowest BCUT2D eigenvalue weighted by Gasteiger charge is -2.35. The normalized spacial score (nSPS) is 22.9. The molecule has 1 atom stereocenters. The van der Waals surface area contributed by atoms with Gasteiger partial charge >= 0.3 is 5.97 Å². The molecule has 1 fully saturated rings. The number of rotatable bonds is 5. The maximum Gasteiger partial charge on any atom is 0.322 e. The van der Waals surface area contributed by atoms with Crippen molar-refractivity contribution in [2.45, 2.75) is 58.0 Å². The van der Waals surface area contributed by atoms with Crippen LogP contribution in [-0.4, -0.2) is 41.9 Å². The van der Waals surface area contributed by atoms with E-state index >= 15 is 0 Å². The van der Waals surface area contributed by atoms with E-state index < -0.39 is 27.8 Å². The minimum atomic E-state index is -3.74. The maximum atomic E-state index is 12.2. The molecule has 18 heavy (non-hydrogen) atoms. The van der Waals surface area contributed by atoms with E-state index in [1.165, 1.54) is 0 Å². The largest absolute Gasteiger partial charge is 0.480 e. The molecule has 1 heterocycles. The average molecular weight is 278 g/mol. The number of carbonyl (C=O) groups is 1. The lowest BCUT2D eigenvalue weighted by molar-refractivity contribution is -0.142. The second-order valence-electron chi connectivity index (χ2n) is 5.31. The highest BCUT2D eigenvalue weighted by atomic mass is 32.2. The van der Waals surface area contributed by atoms with Crippen LogP contribution in [0.5, 0.6) is 0 Å². The van der Waals surface area contributed by atoms with Gasteiger partial charge in [-0.05, 0) is 39.5 Å². The summed E-state index contributed by atoms with van der Waals surface area (Å²) < 4.78 is 28.1. The summed E-state index contributed by atoms with van der Waals surface area (Å²) in [6.07, 6.45) is 2.47. The highest BCUT2D eigenvalue weighted by Gasteiger charge is 2.38. The molecule has 0 unspecified atom stereocenters. The quantitative estimate of drug-likeness (QED) is 0.784. The fraction of sp³-hybridized carbons (Fsp3) is 0.909. The van der Waals surface area contributed by atoms with Crippen LogP contribution in [0.15, 0.2) is 0 Å². The maximum absolute atomic E-state index is 12.2. The zero-order valence-corrected chi connectivity index (χ0v) is 12.0. The van der Waals surface area contributed by atoms with Crippen LogP contribution in [-0.2, 0) is 15.0 Å². The van der Waals surface area contributed by atoms with E-state index in [-0.39, 0.29) is 6.54 Å². The number of carboxylic acids is 1. The molecule has 106 valence electrons. The minimum Gasteiger partial charge on any atom is -0.480 e. The van der Waals surface area contributed by atoms with E-state index in [1.54, 1.807) is 13.8 Å². The number of hydrogen-bond donors (Lipinski definition) is 2. The van der Waals surface area contributed by atoms with Crippen LogP contribution in [0.2, 0.25) is 0 Å². The SMILES string of the molecule is CCC(C)(C)NS(=O)(=O)N1CCCC[C@H]1C(=O)O. The van der Waals surface area contributed by atoms with Crippen LogP contribution in [0.4, 0.5) is 0 Å². The van der Waals surface area contributed by atoms with Gasteiger partial charge in [0, 0.05) is 12.1 Å². The molecule has 0 aromatic heterocycles. The summed E-state index contributed by atoms with van der Waals surface area (Å²) in [5, 5.41) is 9.09. The van der Waals surface area contributed by atoms with Crippen molar-refractivity contribution >= 4 is 16.2 Å². The van der Waals surface area contributed by atoms with Crippen LogP contribution in [0.25, 0.3) is 0 Å². The first-order valence-corrected chi connectivity index (χ1v) is 7.67. The van der Waals surface area contributed by atoms with Gasteiger partial charge in [-0.25, -0.2) is 0 Å². The lowest BCUT2D eigenvalue weighted by Crippen LogP contribution is -2.56. The van der Waals surface area contributed by atoms with Crippen molar-refractivity contribution in [3.8, 4) is 0 Å². The molecule has 0 aromatic carbocycles. The van der Waals surface area contributed by atoms with Crippen molar-refractivity contribution in [2.24, 2.45) is 0 Å². The van der Waals surface area contributed by atoms with Crippen LogP contribution < -0.4 is 4.72 Å². The molecule has 0 spiro atoms. The van der Waals surface area contributed by atoms with E-state index in [0.29, 0.717) is 19.3 Å². The molecule has 0 radical (unpaired) electrons. The second-order valence-corrected chi connectivity index (χ2v) is 6.93. The molecule has 0 bridgehead atoms. The predicted octanol–water partition coefficient (Wildman–Crippen LogP) is 0.948. The van der Waals surface area contributed by atoms with E-state index in [2.05, 4.69) is 4.72 Å². The molecular weight excluding hydrogens is 256 g/mol. The molecule has 7 heteroatoms. The van der Waals surface area contributed by atoms with Crippen molar-refractivity contribution in [3.05, 3.63) is 0 Å². The summed E-state index contributed by atoms with van der Waals surface area (Å²) in [7, 11) is -3.74. The number of piperidine rings is 1. The third kappa shape index (κ3) is 3.66. The van der Waals surface area contributed by atoms with Crippen molar-refractivity contribution < 1.29 is 18.3 Å². The van der Waals surface area contributed by atoms with E-state index in [1.807, 2.05) is 6.92 Å². The van der Waals surface area contributed by atoms with Gasteiger partial charge in [-0.15, -0.1) is 0 Å². The van der Waals surface area contributed by atoms with Crippen LogP contribution in [0, 0.1) is 0 Å². The molecule has 1 rings (SSSR count). The Morgan fingerprint density at radius 2 is 2.06 bits per heavy atom. The van der Waals surface area contributed by atoms with E-state index in [0.717, 1.165) is 10.7 Å². The van der Waals surface area contributed by atoms with Gasteiger partial charge < -0.3 is 5.11 Å². The number of aliphatic carboxylic acids is 1.